The van der Waals surface area contributed by atoms with E-state index in [-0.39, 0.29) is 0 Å². The Morgan fingerprint density at radius 1 is 1.31 bits per heavy atom. The molecule has 0 aliphatic heterocycles. The van der Waals surface area contributed by atoms with E-state index >= 15 is 0 Å². The molecule has 1 aromatic heterocycles. The number of nitriles is 1. The van der Waals surface area contributed by atoms with Gasteiger partial charge in [-0.2, -0.15) is 5.26 Å². The highest BCUT2D eigenvalue weighted by molar-refractivity contribution is 5.75. The average Bonchev–Trinajstić information content (AvgIpc) is 2.70. The summed E-state index contributed by atoms with van der Waals surface area (Å²) in [6.45, 7) is 2.12. The predicted molar refractivity (Wildman–Crippen MR) is 64.7 cm³/mol. The fraction of sp³-hybridized carbons (Fsp3) is 0.154. The number of H-pyrrole nitrogens is 1. The van der Waals surface area contributed by atoms with E-state index in [1.54, 1.807) is 6.20 Å². The first-order valence-corrected chi connectivity index (χ1v) is 5.22. The van der Waals surface area contributed by atoms with Gasteiger partial charge in [-0.1, -0.05) is 31.2 Å². The molecular formula is C13H13N3. The monoisotopic (exact) mass is 211 g/mol. The first kappa shape index (κ1) is 10.3. The van der Waals surface area contributed by atoms with Crippen LogP contribution in [-0.4, -0.2) is 4.98 Å². The van der Waals surface area contributed by atoms with Crippen LogP contribution in [0.15, 0.2) is 30.5 Å². The molecule has 16 heavy (non-hydrogen) atoms. The molecule has 0 aliphatic rings. The van der Waals surface area contributed by atoms with Gasteiger partial charge in [0.15, 0.2) is 0 Å². The molecule has 1 aromatic carbocycles. The Morgan fingerprint density at radius 3 is 2.56 bits per heavy atom. The summed E-state index contributed by atoms with van der Waals surface area (Å²) < 4.78 is 0. The second kappa shape index (κ2) is 4.11. The second-order valence-corrected chi connectivity index (χ2v) is 3.65. The first-order chi connectivity index (χ1) is 7.76. The van der Waals surface area contributed by atoms with Gasteiger partial charge in [-0.05, 0) is 17.5 Å². The number of aryl methyl sites for hydroxylation is 1. The van der Waals surface area contributed by atoms with E-state index in [2.05, 4.69) is 30.1 Å². The maximum Gasteiger partial charge on any atom is 0.119 e. The van der Waals surface area contributed by atoms with Crippen molar-refractivity contribution >= 4 is 5.82 Å². The molecule has 0 aliphatic carbocycles. The zero-order valence-corrected chi connectivity index (χ0v) is 9.12. The van der Waals surface area contributed by atoms with Crippen molar-refractivity contribution in [3.8, 4) is 17.2 Å². The molecule has 0 spiro atoms. The van der Waals surface area contributed by atoms with E-state index in [0.29, 0.717) is 11.4 Å². The number of hydrogen-bond acceptors (Lipinski definition) is 2. The van der Waals surface area contributed by atoms with E-state index in [1.807, 2.05) is 12.1 Å². The van der Waals surface area contributed by atoms with Gasteiger partial charge in [0.05, 0.1) is 0 Å². The standard InChI is InChI=1S/C13H13N3/c1-2-9-3-5-10(6-4-9)12-8-16-13(15)11(12)7-14/h3-6,8,16H,2,15H2,1H3. The summed E-state index contributed by atoms with van der Waals surface area (Å²) in [6.07, 6.45) is 2.79. The average molecular weight is 211 g/mol. The van der Waals surface area contributed by atoms with Gasteiger partial charge in [0.1, 0.15) is 17.5 Å². The van der Waals surface area contributed by atoms with Crippen molar-refractivity contribution in [3.05, 3.63) is 41.6 Å². The van der Waals surface area contributed by atoms with Crippen LogP contribution in [0.1, 0.15) is 18.1 Å². The normalized spacial score (nSPS) is 10.0. The number of aromatic amines is 1. The molecule has 0 amide bonds. The molecule has 0 fully saturated rings. The van der Waals surface area contributed by atoms with Crippen LogP contribution < -0.4 is 5.73 Å². The van der Waals surface area contributed by atoms with E-state index < -0.39 is 0 Å². The summed E-state index contributed by atoms with van der Waals surface area (Å²) in [5, 5.41) is 9.00. The molecule has 0 saturated carbocycles. The zero-order chi connectivity index (χ0) is 11.5. The third-order valence-corrected chi connectivity index (χ3v) is 2.70. The summed E-state index contributed by atoms with van der Waals surface area (Å²) in [5.41, 5.74) is 9.35. The van der Waals surface area contributed by atoms with Gasteiger partial charge in [0, 0.05) is 11.8 Å². The fourth-order valence-corrected chi connectivity index (χ4v) is 1.71. The topological polar surface area (TPSA) is 65.6 Å². The number of hydrogen-bond donors (Lipinski definition) is 2. The highest BCUT2D eigenvalue weighted by atomic mass is 14.8. The molecule has 1 heterocycles. The summed E-state index contributed by atoms with van der Waals surface area (Å²) in [6, 6.07) is 10.3. The minimum absolute atomic E-state index is 0.428. The lowest BCUT2D eigenvalue weighted by Crippen LogP contribution is -1.88. The SMILES string of the molecule is CCc1ccc(-c2c[nH]c(N)c2C#N)cc1. The summed E-state index contributed by atoms with van der Waals surface area (Å²) in [4.78, 5) is 2.87. The summed E-state index contributed by atoms with van der Waals surface area (Å²) >= 11 is 0. The molecule has 3 N–H and O–H groups in total. The number of aromatic nitrogens is 1. The minimum atomic E-state index is 0.428. The number of nitrogens with one attached hydrogen (secondary N) is 1. The number of benzene rings is 1. The Labute approximate surface area is 94.5 Å². The van der Waals surface area contributed by atoms with Crippen LogP contribution in [0.2, 0.25) is 0 Å². The summed E-state index contributed by atoms with van der Waals surface area (Å²) in [7, 11) is 0. The van der Waals surface area contributed by atoms with Crippen LogP contribution in [-0.2, 0) is 6.42 Å². The Bertz CT molecular complexity index is 529. The Balaban J connectivity index is 2.47. The maximum atomic E-state index is 9.00. The largest absolute Gasteiger partial charge is 0.384 e. The van der Waals surface area contributed by atoms with Crippen LogP contribution >= 0.6 is 0 Å². The van der Waals surface area contributed by atoms with E-state index in [9.17, 15) is 0 Å². The lowest BCUT2D eigenvalue weighted by Gasteiger charge is -2.01. The zero-order valence-electron chi connectivity index (χ0n) is 9.12. The molecule has 0 radical (unpaired) electrons. The van der Waals surface area contributed by atoms with Gasteiger partial charge in [-0.25, -0.2) is 0 Å². The first-order valence-electron chi connectivity index (χ1n) is 5.22. The molecule has 0 unspecified atom stereocenters. The maximum absolute atomic E-state index is 9.00. The molecule has 0 bridgehead atoms. The van der Waals surface area contributed by atoms with Crippen molar-refractivity contribution in [1.29, 1.82) is 5.26 Å². The van der Waals surface area contributed by atoms with Gasteiger partial charge in [0.2, 0.25) is 0 Å². The number of anilines is 1. The van der Waals surface area contributed by atoms with E-state index in [4.69, 9.17) is 11.0 Å². The van der Waals surface area contributed by atoms with Gasteiger partial charge in [-0.3, -0.25) is 0 Å². The van der Waals surface area contributed by atoms with Crippen LogP contribution in [0.3, 0.4) is 0 Å². The molecule has 2 rings (SSSR count). The van der Waals surface area contributed by atoms with Gasteiger partial charge >= 0.3 is 0 Å². The van der Waals surface area contributed by atoms with Crippen LogP contribution in [0, 0.1) is 11.3 Å². The molecule has 2 aromatic rings. The Kier molecular flexibility index (Phi) is 2.65. The molecule has 0 saturated heterocycles. The van der Waals surface area contributed by atoms with E-state index in [1.165, 1.54) is 5.56 Å². The highest BCUT2D eigenvalue weighted by Gasteiger charge is 2.09. The van der Waals surface area contributed by atoms with Crippen molar-refractivity contribution < 1.29 is 0 Å². The van der Waals surface area contributed by atoms with Gasteiger partial charge < -0.3 is 10.7 Å². The van der Waals surface area contributed by atoms with Crippen molar-refractivity contribution in [3.63, 3.8) is 0 Å². The Hall–Kier alpha value is -2.21. The van der Waals surface area contributed by atoms with Gasteiger partial charge in [-0.15, -0.1) is 0 Å². The number of rotatable bonds is 2. The van der Waals surface area contributed by atoms with Crippen LogP contribution in [0.4, 0.5) is 5.82 Å². The molecule has 0 atom stereocenters. The van der Waals surface area contributed by atoms with Crippen molar-refractivity contribution in [1.82, 2.24) is 4.98 Å². The van der Waals surface area contributed by atoms with Crippen LogP contribution in [0.25, 0.3) is 11.1 Å². The number of nitrogens with two attached hydrogens (primary N) is 1. The van der Waals surface area contributed by atoms with Gasteiger partial charge in [0.25, 0.3) is 0 Å². The van der Waals surface area contributed by atoms with Crippen molar-refractivity contribution in [2.45, 2.75) is 13.3 Å². The molecule has 3 nitrogen and oxygen atoms in total. The van der Waals surface area contributed by atoms with E-state index in [0.717, 1.165) is 17.5 Å². The lowest BCUT2D eigenvalue weighted by molar-refractivity contribution is 1.14. The Morgan fingerprint density at radius 2 is 2.00 bits per heavy atom. The van der Waals surface area contributed by atoms with Crippen LogP contribution in [0.5, 0.6) is 0 Å². The molecule has 80 valence electrons. The quantitative estimate of drug-likeness (QED) is 0.802. The molecule has 3 heteroatoms. The third kappa shape index (κ3) is 1.66. The predicted octanol–water partition coefficient (Wildman–Crippen LogP) is 2.70. The lowest BCUT2D eigenvalue weighted by atomic mass is 10.0. The second-order valence-electron chi connectivity index (χ2n) is 3.65. The number of nitrogens with zero attached hydrogens (tertiary/aromatic N) is 1. The minimum Gasteiger partial charge on any atom is -0.384 e. The third-order valence-electron chi connectivity index (χ3n) is 2.70. The van der Waals surface area contributed by atoms with Crippen molar-refractivity contribution in [2.75, 3.05) is 5.73 Å². The highest BCUT2D eigenvalue weighted by Crippen LogP contribution is 2.27. The molecular weight excluding hydrogens is 198 g/mol. The smallest absolute Gasteiger partial charge is 0.119 e. The summed E-state index contributed by atoms with van der Waals surface area (Å²) in [5.74, 6) is 0.428. The van der Waals surface area contributed by atoms with Crippen molar-refractivity contribution in [2.24, 2.45) is 0 Å². The number of nitrogen functional groups attached to an aromatic ring is 1. The fourth-order valence-electron chi connectivity index (χ4n) is 1.71.